The molecule has 2 N–H and O–H groups in total. The van der Waals surface area contributed by atoms with Crippen molar-refractivity contribution in [1.29, 1.82) is 0 Å². The van der Waals surface area contributed by atoms with E-state index in [1.165, 1.54) is 0 Å². The molecule has 2 aromatic carbocycles. The van der Waals surface area contributed by atoms with Crippen molar-refractivity contribution < 1.29 is 19.4 Å². The highest BCUT2D eigenvalue weighted by atomic mass is 16.5. The summed E-state index contributed by atoms with van der Waals surface area (Å²) in [7, 11) is 1.63. The zero-order valence-corrected chi connectivity index (χ0v) is 15.9. The fraction of sp³-hybridized carbons (Fsp3) is 0.364. The molecule has 0 heterocycles. The van der Waals surface area contributed by atoms with Crippen molar-refractivity contribution in [3.8, 4) is 5.75 Å². The SMILES string of the molecule is CCC(CC(=O)NC(CCC(=O)O)c1ccccc1)c1ccc(OC)cc1. The number of nitrogens with one attached hydrogen (secondary N) is 1. The molecule has 0 saturated carbocycles. The van der Waals surface area contributed by atoms with Crippen LogP contribution in [0.5, 0.6) is 5.75 Å². The minimum Gasteiger partial charge on any atom is -0.497 e. The number of carbonyl (C=O) groups excluding carboxylic acids is 1. The highest BCUT2D eigenvalue weighted by molar-refractivity contribution is 5.77. The number of carbonyl (C=O) groups is 2. The first-order chi connectivity index (χ1) is 13.0. The van der Waals surface area contributed by atoms with Gasteiger partial charge in [-0.1, -0.05) is 49.4 Å². The maximum absolute atomic E-state index is 12.7. The van der Waals surface area contributed by atoms with Gasteiger partial charge in [-0.2, -0.15) is 0 Å². The molecule has 2 unspecified atom stereocenters. The van der Waals surface area contributed by atoms with Crippen LogP contribution >= 0.6 is 0 Å². The Morgan fingerprint density at radius 3 is 2.26 bits per heavy atom. The minimum absolute atomic E-state index is 0.00945. The summed E-state index contributed by atoms with van der Waals surface area (Å²) in [5.74, 6) is -0.0468. The summed E-state index contributed by atoms with van der Waals surface area (Å²) < 4.78 is 5.18. The van der Waals surface area contributed by atoms with Crippen molar-refractivity contribution >= 4 is 11.9 Å². The van der Waals surface area contributed by atoms with Crippen LogP contribution < -0.4 is 10.1 Å². The molecule has 2 atom stereocenters. The third-order valence-corrected chi connectivity index (χ3v) is 4.70. The average molecular weight is 369 g/mol. The van der Waals surface area contributed by atoms with Crippen molar-refractivity contribution in [2.45, 2.75) is 44.6 Å². The number of hydrogen-bond acceptors (Lipinski definition) is 3. The number of rotatable bonds is 10. The summed E-state index contributed by atoms with van der Waals surface area (Å²) in [5.41, 5.74) is 2.01. The molecule has 1 amide bonds. The number of amides is 1. The zero-order valence-electron chi connectivity index (χ0n) is 15.9. The second-order valence-electron chi connectivity index (χ2n) is 6.55. The summed E-state index contributed by atoms with van der Waals surface area (Å²) in [5, 5.41) is 12.0. The van der Waals surface area contributed by atoms with Gasteiger partial charge in [0.25, 0.3) is 0 Å². The van der Waals surface area contributed by atoms with Crippen LogP contribution in [0.25, 0.3) is 0 Å². The highest BCUT2D eigenvalue weighted by Crippen LogP contribution is 2.26. The van der Waals surface area contributed by atoms with Crippen LogP contribution in [0, 0.1) is 0 Å². The first-order valence-electron chi connectivity index (χ1n) is 9.23. The lowest BCUT2D eigenvalue weighted by Crippen LogP contribution is -2.30. The largest absolute Gasteiger partial charge is 0.497 e. The molecule has 0 aliphatic heterocycles. The smallest absolute Gasteiger partial charge is 0.303 e. The van der Waals surface area contributed by atoms with E-state index in [1.807, 2.05) is 54.6 Å². The number of carboxylic acid groups (broad SMARTS) is 1. The van der Waals surface area contributed by atoms with E-state index in [9.17, 15) is 9.59 Å². The number of ether oxygens (including phenoxy) is 1. The van der Waals surface area contributed by atoms with Gasteiger partial charge in [0.2, 0.25) is 5.91 Å². The summed E-state index contributed by atoms with van der Waals surface area (Å²) in [4.78, 5) is 23.6. The molecular weight excluding hydrogens is 342 g/mol. The Morgan fingerprint density at radius 2 is 1.70 bits per heavy atom. The average Bonchev–Trinajstić information content (AvgIpc) is 2.70. The Balaban J connectivity index is 2.05. The minimum atomic E-state index is -0.866. The second kappa shape index (κ2) is 10.4. The monoisotopic (exact) mass is 369 g/mol. The van der Waals surface area contributed by atoms with Gasteiger partial charge in [0, 0.05) is 12.8 Å². The van der Waals surface area contributed by atoms with Crippen LogP contribution in [-0.4, -0.2) is 24.1 Å². The van der Waals surface area contributed by atoms with E-state index in [1.54, 1.807) is 7.11 Å². The van der Waals surface area contributed by atoms with Gasteiger partial charge in [0.1, 0.15) is 5.75 Å². The van der Waals surface area contributed by atoms with Crippen molar-refractivity contribution in [3.05, 3.63) is 65.7 Å². The van der Waals surface area contributed by atoms with E-state index >= 15 is 0 Å². The molecule has 0 aromatic heterocycles. The lowest BCUT2D eigenvalue weighted by atomic mass is 9.92. The van der Waals surface area contributed by atoms with Gasteiger partial charge in [0.05, 0.1) is 13.2 Å². The zero-order chi connectivity index (χ0) is 19.6. The van der Waals surface area contributed by atoms with Crippen LogP contribution in [-0.2, 0) is 9.59 Å². The standard InChI is InChI=1S/C22H27NO4/c1-3-16(17-9-11-19(27-2)12-10-17)15-21(24)23-20(13-14-22(25)26)18-7-5-4-6-8-18/h4-12,16,20H,3,13-15H2,1-2H3,(H,23,24)(H,25,26). The Kier molecular flexibility index (Phi) is 7.86. The number of benzene rings is 2. The molecule has 0 aliphatic rings. The van der Waals surface area contributed by atoms with Gasteiger partial charge in [-0.25, -0.2) is 0 Å². The summed E-state index contributed by atoms with van der Waals surface area (Å²) in [6.07, 6.45) is 1.57. The van der Waals surface area contributed by atoms with Crippen molar-refractivity contribution in [3.63, 3.8) is 0 Å². The summed E-state index contributed by atoms with van der Waals surface area (Å²) in [6, 6.07) is 17.0. The Hall–Kier alpha value is -2.82. The predicted molar refractivity (Wildman–Crippen MR) is 105 cm³/mol. The number of hydrogen-bond donors (Lipinski definition) is 2. The van der Waals surface area contributed by atoms with Gasteiger partial charge in [-0.05, 0) is 42.0 Å². The molecule has 144 valence electrons. The number of carboxylic acids is 1. The molecule has 5 nitrogen and oxygen atoms in total. The van der Waals surface area contributed by atoms with Gasteiger partial charge >= 0.3 is 5.97 Å². The number of methoxy groups -OCH3 is 1. The fourth-order valence-electron chi connectivity index (χ4n) is 3.13. The Bertz CT molecular complexity index is 728. The van der Waals surface area contributed by atoms with E-state index in [0.29, 0.717) is 12.8 Å². The maximum atomic E-state index is 12.7. The normalized spacial score (nSPS) is 12.8. The first kappa shape index (κ1) is 20.5. The van der Waals surface area contributed by atoms with Gasteiger partial charge in [0.15, 0.2) is 0 Å². The second-order valence-corrected chi connectivity index (χ2v) is 6.55. The molecule has 0 spiro atoms. The fourth-order valence-corrected chi connectivity index (χ4v) is 3.13. The molecule has 0 bridgehead atoms. The third-order valence-electron chi connectivity index (χ3n) is 4.70. The molecule has 0 radical (unpaired) electrons. The quantitative estimate of drug-likeness (QED) is 0.655. The molecule has 0 aliphatic carbocycles. The van der Waals surface area contributed by atoms with E-state index in [4.69, 9.17) is 9.84 Å². The Morgan fingerprint density at radius 1 is 1.04 bits per heavy atom. The third kappa shape index (κ3) is 6.44. The summed E-state index contributed by atoms with van der Waals surface area (Å²) >= 11 is 0. The molecule has 2 aromatic rings. The first-order valence-corrected chi connectivity index (χ1v) is 9.23. The van der Waals surface area contributed by atoms with E-state index in [-0.39, 0.29) is 24.3 Å². The van der Waals surface area contributed by atoms with Crippen LogP contribution in [0.1, 0.15) is 55.7 Å². The van der Waals surface area contributed by atoms with Crippen LogP contribution in [0.4, 0.5) is 0 Å². The maximum Gasteiger partial charge on any atom is 0.303 e. The Labute approximate surface area is 160 Å². The van der Waals surface area contributed by atoms with E-state index in [2.05, 4.69) is 12.2 Å². The lowest BCUT2D eigenvalue weighted by molar-refractivity contribution is -0.137. The van der Waals surface area contributed by atoms with Crippen molar-refractivity contribution in [2.24, 2.45) is 0 Å². The van der Waals surface area contributed by atoms with Crippen LogP contribution in [0.3, 0.4) is 0 Å². The predicted octanol–water partition coefficient (Wildman–Crippen LogP) is 4.30. The molecule has 2 rings (SSSR count). The van der Waals surface area contributed by atoms with Crippen molar-refractivity contribution in [1.82, 2.24) is 5.32 Å². The van der Waals surface area contributed by atoms with Gasteiger partial charge < -0.3 is 15.2 Å². The van der Waals surface area contributed by atoms with Crippen molar-refractivity contribution in [2.75, 3.05) is 7.11 Å². The van der Waals surface area contributed by atoms with Crippen LogP contribution in [0.2, 0.25) is 0 Å². The number of aliphatic carboxylic acids is 1. The molecule has 5 heteroatoms. The molecular formula is C22H27NO4. The summed E-state index contributed by atoms with van der Waals surface area (Å²) in [6.45, 7) is 2.06. The van der Waals surface area contributed by atoms with E-state index in [0.717, 1.165) is 23.3 Å². The van der Waals surface area contributed by atoms with Gasteiger partial charge in [-0.15, -0.1) is 0 Å². The molecule has 0 fully saturated rings. The molecule has 27 heavy (non-hydrogen) atoms. The van der Waals surface area contributed by atoms with Gasteiger partial charge in [-0.3, -0.25) is 9.59 Å². The lowest BCUT2D eigenvalue weighted by Gasteiger charge is -2.21. The van der Waals surface area contributed by atoms with E-state index < -0.39 is 5.97 Å². The molecule has 0 saturated heterocycles. The van der Waals surface area contributed by atoms with Crippen LogP contribution in [0.15, 0.2) is 54.6 Å². The topological polar surface area (TPSA) is 75.6 Å². The highest BCUT2D eigenvalue weighted by Gasteiger charge is 2.19.